The summed E-state index contributed by atoms with van der Waals surface area (Å²) in [7, 11) is 0. The molecule has 0 saturated carbocycles. The van der Waals surface area contributed by atoms with Crippen molar-refractivity contribution in [2.24, 2.45) is 0 Å². The molecule has 2 heterocycles. The molecule has 1 atom stereocenters. The molecule has 1 N–H and O–H groups in total. The molecule has 0 radical (unpaired) electrons. The average Bonchev–Trinajstić information content (AvgIpc) is 2.61. The molecule has 1 aliphatic rings. The van der Waals surface area contributed by atoms with Crippen LogP contribution in [-0.2, 0) is 20.8 Å². The van der Waals surface area contributed by atoms with Gasteiger partial charge in [0.2, 0.25) is 6.41 Å². The molecule has 1 aromatic rings. The normalized spacial score (nSPS) is 18.9. The Morgan fingerprint density at radius 2 is 2.57 bits per heavy atom. The molecule has 76 valence electrons. The summed E-state index contributed by atoms with van der Waals surface area (Å²) >= 11 is 0. The molecule has 1 aromatic heterocycles. The topological polar surface area (TPSA) is 65.4 Å². The van der Waals surface area contributed by atoms with Crippen LogP contribution in [-0.4, -0.2) is 35.3 Å². The predicted molar refractivity (Wildman–Crippen MR) is 46.0 cm³/mol. The molecule has 6 nitrogen and oxygen atoms in total. The number of nitrogens with one attached hydrogen (secondary N) is 1. The Labute approximate surface area is 80.8 Å². The summed E-state index contributed by atoms with van der Waals surface area (Å²) in [5.74, 6) is 0. The second-order valence-electron chi connectivity index (χ2n) is 2.92. The Morgan fingerprint density at radius 3 is 3.07 bits per heavy atom. The van der Waals surface area contributed by atoms with E-state index in [1.54, 1.807) is 23.1 Å². The molecule has 14 heavy (non-hydrogen) atoms. The minimum absolute atomic E-state index is 0.283. The van der Waals surface area contributed by atoms with Crippen molar-refractivity contribution in [1.29, 1.82) is 0 Å². The van der Waals surface area contributed by atoms with Crippen LogP contribution in [0.2, 0.25) is 0 Å². The van der Waals surface area contributed by atoms with Gasteiger partial charge in [-0.2, -0.15) is 5.10 Å². The van der Waals surface area contributed by atoms with Crippen LogP contribution in [0.3, 0.4) is 0 Å². The number of nitrogens with zero attached hydrogens (tertiary/aromatic N) is 2. The van der Waals surface area contributed by atoms with Crippen molar-refractivity contribution >= 4 is 6.29 Å². The van der Waals surface area contributed by atoms with E-state index >= 15 is 0 Å². The van der Waals surface area contributed by atoms with Crippen LogP contribution in [0, 0.1) is 0 Å². The van der Waals surface area contributed by atoms with Gasteiger partial charge in [-0.15, -0.1) is 0 Å². The van der Waals surface area contributed by atoms with E-state index in [1.165, 1.54) is 0 Å². The lowest BCUT2D eigenvalue weighted by Gasteiger charge is -2.29. The largest absolute Gasteiger partial charge is 0.313 e. The van der Waals surface area contributed by atoms with Crippen molar-refractivity contribution in [3.63, 3.8) is 0 Å². The minimum atomic E-state index is -0.458. The number of rotatable bonds is 5. The van der Waals surface area contributed by atoms with Crippen molar-refractivity contribution in [2.75, 3.05) is 6.79 Å². The van der Waals surface area contributed by atoms with Crippen molar-refractivity contribution in [3.8, 4) is 0 Å². The molecule has 1 saturated heterocycles. The quantitative estimate of drug-likeness (QED) is 0.634. The second-order valence-corrected chi connectivity index (χ2v) is 2.92. The first-order valence-corrected chi connectivity index (χ1v) is 4.30. The van der Waals surface area contributed by atoms with Gasteiger partial charge in [0.1, 0.15) is 6.29 Å². The lowest BCUT2D eigenvalue weighted by atomic mass is 10.3. The van der Waals surface area contributed by atoms with Crippen LogP contribution in [0.25, 0.3) is 0 Å². The van der Waals surface area contributed by atoms with Gasteiger partial charge < -0.3 is 14.3 Å². The smallest absolute Gasteiger partial charge is 0.221 e. The SMILES string of the molecule is O=C[C@H](Cn1cccn1)NC1OCO1. The number of carbonyl (C=O) groups excluding carboxylic acids is 1. The van der Waals surface area contributed by atoms with Crippen molar-refractivity contribution in [1.82, 2.24) is 15.1 Å². The van der Waals surface area contributed by atoms with Gasteiger partial charge in [0.05, 0.1) is 12.6 Å². The zero-order valence-corrected chi connectivity index (χ0v) is 7.50. The molecule has 0 aliphatic carbocycles. The maximum atomic E-state index is 10.7. The first kappa shape index (κ1) is 9.32. The fraction of sp³-hybridized carbons (Fsp3) is 0.500. The highest BCUT2D eigenvalue weighted by atomic mass is 16.9. The van der Waals surface area contributed by atoms with Crippen LogP contribution in [0.5, 0.6) is 0 Å². The second kappa shape index (κ2) is 4.32. The van der Waals surface area contributed by atoms with Crippen LogP contribution in [0.15, 0.2) is 18.5 Å². The number of hydrogen-bond acceptors (Lipinski definition) is 5. The molecule has 0 unspecified atom stereocenters. The monoisotopic (exact) mass is 197 g/mol. The van der Waals surface area contributed by atoms with Crippen LogP contribution >= 0.6 is 0 Å². The maximum Gasteiger partial charge on any atom is 0.221 e. The molecule has 1 fully saturated rings. The van der Waals surface area contributed by atoms with Gasteiger partial charge in [0, 0.05) is 12.4 Å². The number of aldehydes is 1. The molecular weight excluding hydrogens is 186 g/mol. The van der Waals surface area contributed by atoms with Gasteiger partial charge in [0.15, 0.2) is 6.79 Å². The van der Waals surface area contributed by atoms with Crippen molar-refractivity contribution < 1.29 is 14.3 Å². The first-order chi connectivity index (χ1) is 6.88. The van der Waals surface area contributed by atoms with E-state index in [4.69, 9.17) is 9.47 Å². The van der Waals surface area contributed by atoms with E-state index in [0.29, 0.717) is 6.54 Å². The van der Waals surface area contributed by atoms with E-state index in [0.717, 1.165) is 6.29 Å². The molecular formula is C8H11N3O3. The molecule has 0 bridgehead atoms. The van der Waals surface area contributed by atoms with E-state index in [1.807, 2.05) is 0 Å². The van der Waals surface area contributed by atoms with Crippen LogP contribution in [0.1, 0.15) is 0 Å². The highest BCUT2D eigenvalue weighted by molar-refractivity contribution is 5.57. The lowest BCUT2D eigenvalue weighted by Crippen LogP contribution is -2.50. The first-order valence-electron chi connectivity index (χ1n) is 4.30. The summed E-state index contributed by atoms with van der Waals surface area (Å²) < 4.78 is 11.6. The van der Waals surface area contributed by atoms with E-state index in [2.05, 4.69) is 10.4 Å². The summed E-state index contributed by atoms with van der Waals surface area (Å²) in [4.78, 5) is 10.7. The van der Waals surface area contributed by atoms with Gasteiger partial charge in [-0.1, -0.05) is 0 Å². The van der Waals surface area contributed by atoms with E-state index in [9.17, 15) is 4.79 Å². The Bertz CT molecular complexity index is 284. The Kier molecular flexibility index (Phi) is 2.87. The summed E-state index contributed by atoms with van der Waals surface area (Å²) in [6.07, 6.45) is 3.81. The molecule has 1 aliphatic heterocycles. The van der Waals surface area contributed by atoms with Gasteiger partial charge in [-0.05, 0) is 6.07 Å². The Balaban J connectivity index is 1.83. The number of carbonyl (C=O) groups is 1. The van der Waals surface area contributed by atoms with Gasteiger partial charge in [0.25, 0.3) is 0 Å². The summed E-state index contributed by atoms with van der Waals surface area (Å²) in [6.45, 7) is 0.755. The summed E-state index contributed by atoms with van der Waals surface area (Å²) in [5.41, 5.74) is 0. The highest BCUT2D eigenvalue weighted by Gasteiger charge is 2.22. The van der Waals surface area contributed by atoms with Crippen LogP contribution in [0.4, 0.5) is 0 Å². The summed E-state index contributed by atoms with van der Waals surface area (Å²) in [5, 5.41) is 6.86. The number of ether oxygens (including phenoxy) is 2. The van der Waals surface area contributed by atoms with E-state index < -0.39 is 6.41 Å². The molecule has 2 rings (SSSR count). The Morgan fingerprint density at radius 1 is 1.71 bits per heavy atom. The minimum Gasteiger partial charge on any atom is -0.313 e. The molecule has 0 aromatic carbocycles. The summed E-state index contributed by atoms with van der Waals surface area (Å²) in [6, 6.07) is 1.46. The zero-order chi connectivity index (χ0) is 9.80. The zero-order valence-electron chi connectivity index (χ0n) is 7.50. The molecule has 0 amide bonds. The maximum absolute atomic E-state index is 10.7. The number of hydrogen-bond donors (Lipinski definition) is 1. The average molecular weight is 197 g/mol. The van der Waals surface area contributed by atoms with Gasteiger partial charge >= 0.3 is 0 Å². The standard InChI is InChI=1S/C8H11N3O3/c12-5-7(10-8-13-6-14-8)4-11-3-1-2-9-11/h1-3,5,7-8,10H,4,6H2/t7-/m0/s1. The Hall–Kier alpha value is -1.24. The third kappa shape index (κ3) is 2.16. The fourth-order valence-corrected chi connectivity index (χ4v) is 1.15. The van der Waals surface area contributed by atoms with E-state index in [-0.39, 0.29) is 12.8 Å². The van der Waals surface area contributed by atoms with Gasteiger partial charge in [-0.3, -0.25) is 10.00 Å². The van der Waals surface area contributed by atoms with Crippen molar-refractivity contribution in [3.05, 3.63) is 18.5 Å². The van der Waals surface area contributed by atoms with Gasteiger partial charge in [-0.25, -0.2) is 0 Å². The predicted octanol–water partition coefficient (Wildman–Crippen LogP) is -0.672. The fourth-order valence-electron chi connectivity index (χ4n) is 1.15. The van der Waals surface area contributed by atoms with Crippen LogP contribution < -0.4 is 5.32 Å². The molecule has 0 spiro atoms. The third-order valence-electron chi connectivity index (χ3n) is 1.90. The highest BCUT2D eigenvalue weighted by Crippen LogP contribution is 2.03. The lowest BCUT2D eigenvalue weighted by molar-refractivity contribution is -0.334. The third-order valence-corrected chi connectivity index (χ3v) is 1.90. The molecule has 6 heteroatoms. The number of aromatic nitrogens is 2. The van der Waals surface area contributed by atoms with Crippen molar-refractivity contribution in [2.45, 2.75) is 19.0 Å².